The number of amides is 2. The zero-order valence-corrected chi connectivity index (χ0v) is 8.94. The van der Waals surface area contributed by atoms with Gasteiger partial charge in [-0.1, -0.05) is 0 Å². The Morgan fingerprint density at radius 2 is 2.29 bits per heavy atom. The van der Waals surface area contributed by atoms with Gasteiger partial charge in [-0.3, -0.25) is 19.9 Å². The molecule has 1 atom stereocenters. The third-order valence-corrected chi connectivity index (χ3v) is 2.73. The first-order valence-electron chi connectivity index (χ1n) is 5.20. The lowest BCUT2D eigenvalue weighted by atomic mass is 9.91. The monoisotopic (exact) mass is 238 g/mol. The Hall–Kier alpha value is -1.82. The number of aliphatic hydroxyl groups excluding tert-OH is 1. The van der Waals surface area contributed by atoms with Gasteiger partial charge in [0.25, 0.3) is 0 Å². The Morgan fingerprint density at radius 1 is 1.53 bits per heavy atom. The van der Waals surface area contributed by atoms with Crippen molar-refractivity contribution in [2.45, 2.75) is 25.4 Å². The van der Waals surface area contributed by atoms with Crippen LogP contribution in [0.25, 0.3) is 0 Å². The van der Waals surface area contributed by atoms with Gasteiger partial charge in [0.15, 0.2) is 0 Å². The van der Waals surface area contributed by atoms with Crippen LogP contribution >= 0.6 is 0 Å². The van der Waals surface area contributed by atoms with Gasteiger partial charge in [0, 0.05) is 12.6 Å². The van der Waals surface area contributed by atoms with Gasteiger partial charge in [0.2, 0.25) is 11.8 Å². The van der Waals surface area contributed by atoms with Gasteiger partial charge in [-0.05, 0) is 18.1 Å². The molecule has 0 aromatic carbocycles. The van der Waals surface area contributed by atoms with E-state index in [4.69, 9.17) is 5.11 Å². The SMILES string of the molecule is O=C1CCC(c2cnc(CO)c(F)c2)C(=O)N1. The fourth-order valence-electron chi connectivity index (χ4n) is 1.80. The number of imide groups is 1. The Balaban J connectivity index is 2.25. The van der Waals surface area contributed by atoms with Gasteiger partial charge in [-0.2, -0.15) is 0 Å². The molecule has 90 valence electrons. The molecule has 1 unspecified atom stereocenters. The zero-order valence-electron chi connectivity index (χ0n) is 8.94. The number of aromatic nitrogens is 1. The first-order valence-corrected chi connectivity index (χ1v) is 5.20. The number of hydrogen-bond acceptors (Lipinski definition) is 4. The molecule has 6 heteroatoms. The third-order valence-electron chi connectivity index (χ3n) is 2.73. The number of rotatable bonds is 2. The molecule has 2 amide bonds. The second-order valence-corrected chi connectivity index (χ2v) is 3.86. The smallest absolute Gasteiger partial charge is 0.234 e. The van der Waals surface area contributed by atoms with E-state index in [-0.39, 0.29) is 18.0 Å². The molecule has 2 rings (SSSR count). The predicted molar refractivity (Wildman–Crippen MR) is 55.2 cm³/mol. The highest BCUT2D eigenvalue weighted by molar-refractivity contribution is 6.00. The molecule has 1 fully saturated rings. The molecule has 2 heterocycles. The summed E-state index contributed by atoms with van der Waals surface area (Å²) in [5.41, 5.74) is 0.366. The fraction of sp³-hybridized carbons (Fsp3) is 0.364. The van der Waals surface area contributed by atoms with Crippen molar-refractivity contribution >= 4 is 11.8 Å². The molecular formula is C11H11FN2O3. The summed E-state index contributed by atoms with van der Waals surface area (Å²) < 4.78 is 13.4. The minimum atomic E-state index is -0.644. The van der Waals surface area contributed by atoms with E-state index in [0.29, 0.717) is 12.0 Å². The number of nitrogens with one attached hydrogen (secondary N) is 1. The topological polar surface area (TPSA) is 79.3 Å². The number of hydrogen-bond donors (Lipinski definition) is 2. The molecule has 0 spiro atoms. The van der Waals surface area contributed by atoms with Crippen molar-refractivity contribution in [3.63, 3.8) is 0 Å². The molecule has 0 aliphatic carbocycles. The van der Waals surface area contributed by atoms with Crippen molar-refractivity contribution < 1.29 is 19.1 Å². The van der Waals surface area contributed by atoms with Crippen LogP contribution in [0, 0.1) is 5.82 Å². The van der Waals surface area contributed by atoms with Gasteiger partial charge in [-0.25, -0.2) is 4.39 Å². The van der Waals surface area contributed by atoms with Crippen LogP contribution in [0.1, 0.15) is 30.0 Å². The van der Waals surface area contributed by atoms with E-state index >= 15 is 0 Å². The van der Waals surface area contributed by atoms with Crippen LogP contribution in [0.15, 0.2) is 12.3 Å². The van der Waals surface area contributed by atoms with Crippen molar-refractivity contribution in [2.24, 2.45) is 0 Å². The average Bonchev–Trinajstić information content (AvgIpc) is 2.29. The molecule has 1 aliphatic rings. The molecule has 0 bridgehead atoms. The number of piperidine rings is 1. The standard InChI is InChI=1S/C11H11FN2O3/c12-8-3-6(4-13-9(8)5-15)7-1-2-10(16)14-11(7)17/h3-4,7,15H,1-2,5H2,(H,14,16,17). The maximum atomic E-state index is 13.4. The average molecular weight is 238 g/mol. The number of halogens is 1. The van der Waals surface area contributed by atoms with E-state index in [9.17, 15) is 14.0 Å². The van der Waals surface area contributed by atoms with Crippen LogP contribution < -0.4 is 5.32 Å². The minimum absolute atomic E-state index is 0.0546. The predicted octanol–water partition coefficient (Wildman–Crippen LogP) is 0.233. The Morgan fingerprint density at radius 3 is 2.88 bits per heavy atom. The summed E-state index contributed by atoms with van der Waals surface area (Å²) in [5, 5.41) is 11.0. The summed E-state index contributed by atoms with van der Waals surface area (Å²) in [4.78, 5) is 26.2. The molecule has 5 nitrogen and oxygen atoms in total. The zero-order chi connectivity index (χ0) is 12.4. The molecular weight excluding hydrogens is 227 g/mol. The quantitative estimate of drug-likeness (QED) is 0.723. The van der Waals surface area contributed by atoms with Gasteiger partial charge < -0.3 is 5.11 Å². The highest BCUT2D eigenvalue weighted by Gasteiger charge is 2.28. The van der Waals surface area contributed by atoms with Crippen molar-refractivity contribution in [2.75, 3.05) is 0 Å². The van der Waals surface area contributed by atoms with E-state index in [0.717, 1.165) is 0 Å². The summed E-state index contributed by atoms with van der Waals surface area (Å²) in [6, 6.07) is 1.18. The second-order valence-electron chi connectivity index (χ2n) is 3.86. The Kier molecular flexibility index (Phi) is 3.14. The van der Waals surface area contributed by atoms with Crippen LogP contribution in [-0.2, 0) is 16.2 Å². The normalized spacial score (nSPS) is 20.2. The highest BCUT2D eigenvalue weighted by Crippen LogP contribution is 2.25. The van der Waals surface area contributed by atoms with Crippen LogP contribution in [0.4, 0.5) is 4.39 Å². The van der Waals surface area contributed by atoms with E-state index in [1.807, 2.05) is 0 Å². The van der Waals surface area contributed by atoms with E-state index in [1.54, 1.807) is 0 Å². The molecule has 0 radical (unpaired) electrons. The summed E-state index contributed by atoms with van der Waals surface area (Å²) in [6.07, 6.45) is 1.94. The molecule has 0 saturated carbocycles. The van der Waals surface area contributed by atoms with Gasteiger partial charge in [0.05, 0.1) is 12.5 Å². The lowest BCUT2D eigenvalue weighted by Crippen LogP contribution is -2.39. The fourth-order valence-corrected chi connectivity index (χ4v) is 1.80. The number of carbonyl (C=O) groups is 2. The van der Waals surface area contributed by atoms with Gasteiger partial charge in [0.1, 0.15) is 11.5 Å². The van der Waals surface area contributed by atoms with E-state index in [1.165, 1.54) is 12.3 Å². The van der Waals surface area contributed by atoms with Gasteiger partial charge in [-0.15, -0.1) is 0 Å². The maximum absolute atomic E-state index is 13.4. The highest BCUT2D eigenvalue weighted by atomic mass is 19.1. The van der Waals surface area contributed by atoms with E-state index in [2.05, 4.69) is 10.3 Å². The number of aliphatic hydroxyl groups is 1. The Bertz CT molecular complexity index is 476. The molecule has 1 aliphatic heterocycles. The van der Waals surface area contributed by atoms with Crippen LogP contribution in [0.5, 0.6) is 0 Å². The van der Waals surface area contributed by atoms with Gasteiger partial charge >= 0.3 is 0 Å². The number of carbonyl (C=O) groups excluding carboxylic acids is 2. The van der Waals surface area contributed by atoms with Crippen LogP contribution in [-0.4, -0.2) is 21.9 Å². The lowest BCUT2D eigenvalue weighted by molar-refractivity contribution is -0.134. The van der Waals surface area contributed by atoms with Crippen molar-refractivity contribution in [3.8, 4) is 0 Å². The summed E-state index contributed by atoms with van der Waals surface area (Å²) in [7, 11) is 0. The van der Waals surface area contributed by atoms with Crippen molar-refractivity contribution in [1.82, 2.24) is 10.3 Å². The summed E-state index contributed by atoms with van der Waals surface area (Å²) in [5.74, 6) is -1.94. The number of nitrogens with zero attached hydrogens (tertiary/aromatic N) is 1. The molecule has 1 aromatic rings. The molecule has 2 N–H and O–H groups in total. The number of pyridine rings is 1. The van der Waals surface area contributed by atoms with Crippen LogP contribution in [0.2, 0.25) is 0 Å². The molecule has 1 saturated heterocycles. The lowest BCUT2D eigenvalue weighted by Gasteiger charge is -2.20. The second kappa shape index (κ2) is 4.58. The van der Waals surface area contributed by atoms with Crippen molar-refractivity contribution in [1.29, 1.82) is 0 Å². The molecule has 17 heavy (non-hydrogen) atoms. The van der Waals surface area contributed by atoms with Crippen molar-refractivity contribution in [3.05, 3.63) is 29.3 Å². The first-order chi connectivity index (χ1) is 8.11. The maximum Gasteiger partial charge on any atom is 0.234 e. The first kappa shape index (κ1) is 11.7. The minimum Gasteiger partial charge on any atom is -0.390 e. The summed E-state index contributed by atoms with van der Waals surface area (Å²) >= 11 is 0. The Labute approximate surface area is 96.7 Å². The van der Waals surface area contributed by atoms with Crippen LogP contribution in [0.3, 0.4) is 0 Å². The molecule has 1 aromatic heterocycles. The largest absolute Gasteiger partial charge is 0.390 e. The third kappa shape index (κ3) is 2.31. The summed E-state index contributed by atoms with van der Waals surface area (Å²) in [6.45, 7) is -0.485. The van der Waals surface area contributed by atoms with E-state index < -0.39 is 24.2 Å².